The van der Waals surface area contributed by atoms with Crippen molar-refractivity contribution in [2.75, 3.05) is 55.8 Å². The maximum absolute atomic E-state index is 12.4. The number of pyridine rings is 1. The van der Waals surface area contributed by atoms with Crippen LogP contribution in [0.2, 0.25) is 0 Å². The number of hydrogen-bond donors (Lipinski definition) is 2. The van der Waals surface area contributed by atoms with E-state index in [-0.39, 0.29) is 11.6 Å². The third-order valence-electron chi connectivity index (χ3n) is 3.61. The average Bonchev–Trinajstić information content (AvgIpc) is 2.54. The molecule has 0 aromatic carbocycles. The summed E-state index contributed by atoms with van der Waals surface area (Å²) in [6, 6.07) is 1.34. The van der Waals surface area contributed by atoms with E-state index >= 15 is 0 Å². The summed E-state index contributed by atoms with van der Waals surface area (Å²) in [6.45, 7) is 4.58. The minimum atomic E-state index is -4.50. The first-order chi connectivity index (χ1) is 11.7. The first-order valence-electron chi connectivity index (χ1n) is 7.56. The maximum atomic E-state index is 12.4. The van der Waals surface area contributed by atoms with Crippen molar-refractivity contribution < 1.29 is 22.7 Å². The van der Waals surface area contributed by atoms with Crippen LogP contribution in [0.3, 0.4) is 0 Å². The van der Waals surface area contributed by atoms with Crippen molar-refractivity contribution in [2.24, 2.45) is 0 Å². The number of likely N-dealkylation sites (N-methyl/N-ethyl adjacent to an activating group) is 1. The topological polar surface area (TPSA) is 83.7 Å². The van der Waals surface area contributed by atoms with E-state index in [0.717, 1.165) is 19.2 Å². The van der Waals surface area contributed by atoms with Gasteiger partial charge in [0.1, 0.15) is 0 Å². The van der Waals surface area contributed by atoms with Gasteiger partial charge in [0.2, 0.25) is 11.8 Å². The summed E-state index contributed by atoms with van der Waals surface area (Å²) in [5.41, 5.74) is 5.93. The number of nitrogens with zero attached hydrogens (tertiary/aromatic N) is 3. The van der Waals surface area contributed by atoms with Gasteiger partial charge in [0.05, 0.1) is 11.4 Å². The molecule has 0 aliphatic carbocycles. The zero-order chi connectivity index (χ0) is 18.6. The van der Waals surface area contributed by atoms with Crippen LogP contribution in [0.15, 0.2) is 18.7 Å². The highest BCUT2D eigenvalue weighted by Crippen LogP contribution is 2.33. The molecule has 2 heterocycles. The standard InChI is InChI=1S/C15H20F3N5O2/c1-3-12(24)20-11-8-10(19)14(25-9-15(16,17)18)21-13(11)23-6-4-22(2)5-7-23/h3,8H,1,4-7,9,19H2,2H3,(H,20,24). The Labute approximate surface area is 143 Å². The Bertz CT molecular complexity index is 643. The summed E-state index contributed by atoms with van der Waals surface area (Å²) in [4.78, 5) is 19.7. The van der Waals surface area contributed by atoms with Crippen molar-refractivity contribution >= 4 is 23.1 Å². The molecule has 1 amide bonds. The third kappa shape index (κ3) is 5.24. The molecule has 1 fully saturated rings. The molecule has 1 aromatic rings. The lowest BCUT2D eigenvalue weighted by Crippen LogP contribution is -2.45. The molecule has 3 N–H and O–H groups in total. The molecule has 25 heavy (non-hydrogen) atoms. The number of amides is 1. The van der Waals surface area contributed by atoms with Gasteiger partial charge in [-0.1, -0.05) is 6.58 Å². The lowest BCUT2D eigenvalue weighted by atomic mass is 10.2. The van der Waals surface area contributed by atoms with Gasteiger partial charge < -0.3 is 25.6 Å². The molecule has 1 aliphatic heterocycles. The van der Waals surface area contributed by atoms with Crippen LogP contribution >= 0.6 is 0 Å². The minimum absolute atomic E-state index is 0.0958. The molecule has 10 heteroatoms. The number of nitrogen functional groups attached to an aromatic ring is 1. The number of carbonyl (C=O) groups excluding carboxylic acids is 1. The zero-order valence-electron chi connectivity index (χ0n) is 13.8. The van der Waals surface area contributed by atoms with E-state index in [1.54, 1.807) is 0 Å². The number of halogens is 3. The monoisotopic (exact) mass is 359 g/mol. The minimum Gasteiger partial charge on any atom is -0.466 e. The molecule has 0 radical (unpaired) electrons. The summed E-state index contributed by atoms with van der Waals surface area (Å²) >= 11 is 0. The van der Waals surface area contributed by atoms with E-state index in [9.17, 15) is 18.0 Å². The van der Waals surface area contributed by atoms with E-state index in [1.165, 1.54) is 6.07 Å². The fourth-order valence-corrected chi connectivity index (χ4v) is 2.30. The highest BCUT2D eigenvalue weighted by molar-refractivity contribution is 6.01. The lowest BCUT2D eigenvalue weighted by molar-refractivity contribution is -0.153. The number of rotatable bonds is 5. The normalized spacial score (nSPS) is 15.8. The van der Waals surface area contributed by atoms with Crippen LogP contribution in [0.25, 0.3) is 0 Å². The lowest BCUT2D eigenvalue weighted by Gasteiger charge is -2.34. The van der Waals surface area contributed by atoms with Crippen molar-refractivity contribution in [3.8, 4) is 5.88 Å². The van der Waals surface area contributed by atoms with Gasteiger partial charge in [-0.3, -0.25) is 4.79 Å². The van der Waals surface area contributed by atoms with E-state index in [4.69, 9.17) is 10.5 Å². The zero-order valence-corrected chi connectivity index (χ0v) is 13.8. The number of aromatic nitrogens is 1. The van der Waals surface area contributed by atoms with E-state index in [0.29, 0.717) is 24.6 Å². The summed E-state index contributed by atoms with van der Waals surface area (Å²) in [5, 5.41) is 2.58. The highest BCUT2D eigenvalue weighted by Gasteiger charge is 2.30. The molecule has 0 atom stereocenters. The Kier molecular flexibility index (Phi) is 5.73. The van der Waals surface area contributed by atoms with Crippen LogP contribution in [0.5, 0.6) is 5.88 Å². The number of ether oxygens (including phenoxy) is 1. The Balaban J connectivity index is 2.33. The molecule has 2 rings (SSSR count). The smallest absolute Gasteiger partial charge is 0.422 e. The fraction of sp³-hybridized carbons (Fsp3) is 0.467. The number of nitrogens with one attached hydrogen (secondary N) is 1. The highest BCUT2D eigenvalue weighted by atomic mass is 19.4. The van der Waals surface area contributed by atoms with Crippen LogP contribution in [-0.2, 0) is 4.79 Å². The predicted molar refractivity (Wildman–Crippen MR) is 88.7 cm³/mol. The van der Waals surface area contributed by atoms with Crippen molar-refractivity contribution in [2.45, 2.75) is 6.18 Å². The molecule has 1 aromatic heterocycles. The molecule has 138 valence electrons. The maximum Gasteiger partial charge on any atom is 0.422 e. The number of piperazine rings is 1. The molecule has 1 aliphatic rings. The summed E-state index contributed by atoms with van der Waals surface area (Å²) in [7, 11) is 1.96. The first kappa shape index (κ1) is 18.8. The van der Waals surface area contributed by atoms with Crippen LogP contribution < -0.4 is 20.7 Å². The first-order valence-corrected chi connectivity index (χ1v) is 7.56. The fourth-order valence-electron chi connectivity index (χ4n) is 2.30. The van der Waals surface area contributed by atoms with E-state index < -0.39 is 18.7 Å². The molecule has 0 spiro atoms. The summed E-state index contributed by atoms with van der Waals surface area (Å²) < 4.78 is 41.9. The van der Waals surface area contributed by atoms with Gasteiger partial charge in [0, 0.05) is 26.2 Å². The summed E-state index contributed by atoms with van der Waals surface area (Å²) in [6.07, 6.45) is -3.42. The molecular formula is C15H20F3N5O2. The summed E-state index contributed by atoms with van der Waals surface area (Å²) in [5.74, 6) is -0.474. The van der Waals surface area contributed by atoms with Gasteiger partial charge in [-0.15, -0.1) is 0 Å². The Morgan fingerprint density at radius 3 is 2.64 bits per heavy atom. The quantitative estimate of drug-likeness (QED) is 0.775. The van der Waals surface area contributed by atoms with Gasteiger partial charge >= 0.3 is 6.18 Å². The van der Waals surface area contributed by atoms with Crippen molar-refractivity contribution in [3.63, 3.8) is 0 Å². The molecular weight excluding hydrogens is 339 g/mol. The van der Waals surface area contributed by atoms with Gasteiger partial charge in [-0.05, 0) is 19.2 Å². The average molecular weight is 359 g/mol. The number of nitrogens with two attached hydrogens (primary N) is 1. The van der Waals surface area contributed by atoms with Gasteiger partial charge in [-0.25, -0.2) is 0 Å². The molecule has 7 nitrogen and oxygen atoms in total. The van der Waals surface area contributed by atoms with Crippen molar-refractivity contribution in [3.05, 3.63) is 18.7 Å². The van der Waals surface area contributed by atoms with E-state index in [2.05, 4.69) is 21.8 Å². The van der Waals surface area contributed by atoms with Gasteiger partial charge in [-0.2, -0.15) is 18.2 Å². The second kappa shape index (κ2) is 7.60. The van der Waals surface area contributed by atoms with Crippen molar-refractivity contribution in [1.29, 1.82) is 0 Å². The second-order valence-corrected chi connectivity index (χ2v) is 5.64. The van der Waals surface area contributed by atoms with Crippen LogP contribution in [-0.4, -0.2) is 61.8 Å². The number of anilines is 3. The van der Waals surface area contributed by atoms with Gasteiger partial charge in [0.15, 0.2) is 12.4 Å². The van der Waals surface area contributed by atoms with Crippen molar-refractivity contribution in [1.82, 2.24) is 9.88 Å². The molecule has 0 bridgehead atoms. The number of alkyl halides is 3. The van der Waals surface area contributed by atoms with Gasteiger partial charge in [0.25, 0.3) is 0 Å². The second-order valence-electron chi connectivity index (χ2n) is 5.64. The Morgan fingerprint density at radius 2 is 2.08 bits per heavy atom. The third-order valence-corrected chi connectivity index (χ3v) is 3.61. The Hall–Kier alpha value is -2.49. The van der Waals surface area contributed by atoms with Crippen LogP contribution in [0.1, 0.15) is 0 Å². The van der Waals surface area contributed by atoms with Crippen LogP contribution in [0, 0.1) is 0 Å². The SMILES string of the molecule is C=CC(=O)Nc1cc(N)c(OCC(F)(F)F)nc1N1CCN(C)CC1. The Morgan fingerprint density at radius 1 is 1.44 bits per heavy atom. The number of hydrogen-bond acceptors (Lipinski definition) is 6. The molecule has 0 saturated carbocycles. The largest absolute Gasteiger partial charge is 0.466 e. The molecule has 0 unspecified atom stereocenters. The number of carbonyl (C=O) groups is 1. The predicted octanol–water partition coefficient (Wildman–Crippen LogP) is 1.48. The molecule has 1 saturated heterocycles. The van der Waals surface area contributed by atoms with Crippen LogP contribution in [0.4, 0.5) is 30.4 Å². The van der Waals surface area contributed by atoms with E-state index in [1.807, 2.05) is 11.9 Å².